The molecule has 3 N–H and O–H groups in total. The van der Waals surface area contributed by atoms with E-state index in [0.717, 1.165) is 6.08 Å². The number of benzene rings is 1. The summed E-state index contributed by atoms with van der Waals surface area (Å²) < 4.78 is 0. The van der Waals surface area contributed by atoms with Crippen molar-refractivity contribution in [2.75, 3.05) is 0 Å². The van der Waals surface area contributed by atoms with E-state index in [1.165, 1.54) is 12.1 Å². The summed E-state index contributed by atoms with van der Waals surface area (Å²) in [5.41, 5.74) is 4.31. The predicted molar refractivity (Wildman–Crippen MR) is 63.8 cm³/mol. The second kappa shape index (κ2) is 6.41. The molecular weight excluding hydrogens is 260 g/mol. The van der Waals surface area contributed by atoms with E-state index < -0.39 is 17.8 Å². The van der Waals surface area contributed by atoms with Crippen LogP contribution in [0.2, 0.25) is 5.02 Å². The number of hydrogen-bond donors (Lipinski definition) is 3. The zero-order chi connectivity index (χ0) is 13.5. The van der Waals surface area contributed by atoms with Gasteiger partial charge >= 0.3 is 5.97 Å². The van der Waals surface area contributed by atoms with Crippen molar-refractivity contribution in [2.24, 2.45) is 0 Å². The van der Waals surface area contributed by atoms with Crippen molar-refractivity contribution in [3.63, 3.8) is 0 Å². The maximum Gasteiger partial charge on any atom is 0.328 e. The molecule has 0 saturated heterocycles. The topological polar surface area (TPSA) is 95.5 Å². The van der Waals surface area contributed by atoms with Crippen molar-refractivity contribution in [3.05, 3.63) is 47.0 Å². The summed E-state index contributed by atoms with van der Waals surface area (Å²) in [6.45, 7) is 0. The lowest BCUT2D eigenvalue weighted by molar-refractivity contribution is -0.131. The van der Waals surface area contributed by atoms with E-state index in [1.807, 2.05) is 5.43 Å². The van der Waals surface area contributed by atoms with Crippen LogP contribution in [0, 0.1) is 0 Å². The van der Waals surface area contributed by atoms with E-state index >= 15 is 0 Å². The first kappa shape index (κ1) is 13.7. The van der Waals surface area contributed by atoms with Gasteiger partial charge in [-0.1, -0.05) is 23.7 Å². The molecule has 0 radical (unpaired) electrons. The van der Waals surface area contributed by atoms with Crippen LogP contribution in [-0.4, -0.2) is 22.9 Å². The van der Waals surface area contributed by atoms with Crippen molar-refractivity contribution < 1.29 is 19.5 Å². The fourth-order valence-electron chi connectivity index (χ4n) is 1.02. The van der Waals surface area contributed by atoms with Crippen molar-refractivity contribution in [1.82, 2.24) is 10.9 Å². The van der Waals surface area contributed by atoms with Crippen LogP contribution in [-0.2, 0) is 9.59 Å². The largest absolute Gasteiger partial charge is 0.478 e. The van der Waals surface area contributed by atoms with Gasteiger partial charge in [-0.05, 0) is 12.1 Å². The van der Waals surface area contributed by atoms with Gasteiger partial charge in [0, 0.05) is 12.2 Å². The van der Waals surface area contributed by atoms with Crippen LogP contribution in [0.15, 0.2) is 36.4 Å². The van der Waals surface area contributed by atoms with Crippen molar-refractivity contribution in [2.45, 2.75) is 0 Å². The molecule has 0 fully saturated rings. The lowest BCUT2D eigenvalue weighted by Gasteiger charge is -2.06. The Kier molecular flexibility index (Phi) is 4.89. The highest BCUT2D eigenvalue weighted by atomic mass is 35.5. The van der Waals surface area contributed by atoms with Crippen LogP contribution in [0.3, 0.4) is 0 Å². The van der Waals surface area contributed by atoms with Gasteiger partial charge < -0.3 is 5.11 Å². The molecule has 0 aliphatic carbocycles. The minimum absolute atomic E-state index is 0.196. The zero-order valence-corrected chi connectivity index (χ0v) is 9.77. The first-order chi connectivity index (χ1) is 8.50. The number of carboxylic acid groups (broad SMARTS) is 1. The molecule has 94 valence electrons. The fourth-order valence-corrected chi connectivity index (χ4v) is 1.24. The molecule has 0 aliphatic rings. The predicted octanol–water partition coefficient (Wildman–Crippen LogP) is 0.742. The summed E-state index contributed by atoms with van der Waals surface area (Å²) in [5.74, 6) is -2.63. The number of hydrogen-bond acceptors (Lipinski definition) is 3. The molecule has 1 rings (SSSR count). The summed E-state index contributed by atoms with van der Waals surface area (Å²) in [6.07, 6.45) is 1.42. The monoisotopic (exact) mass is 268 g/mol. The van der Waals surface area contributed by atoms with Crippen LogP contribution in [0.25, 0.3) is 0 Å². The molecule has 1 aromatic carbocycles. The minimum Gasteiger partial charge on any atom is -0.478 e. The Morgan fingerprint density at radius 2 is 1.78 bits per heavy atom. The number of aliphatic carboxylic acids is 1. The fraction of sp³-hybridized carbons (Fsp3) is 0. The highest BCUT2D eigenvalue weighted by Crippen LogP contribution is 2.13. The Bertz CT molecular complexity index is 514. The van der Waals surface area contributed by atoms with Crippen LogP contribution >= 0.6 is 11.6 Å². The lowest BCUT2D eigenvalue weighted by Crippen LogP contribution is -2.40. The molecule has 0 heterocycles. The number of carbonyl (C=O) groups is 3. The van der Waals surface area contributed by atoms with Crippen molar-refractivity contribution in [1.29, 1.82) is 0 Å². The molecule has 0 atom stereocenters. The number of rotatable bonds is 3. The van der Waals surface area contributed by atoms with Gasteiger partial charge in [0.15, 0.2) is 0 Å². The standard InChI is InChI=1S/C11H9ClN2O4/c12-8-4-2-1-3-7(8)11(18)14-13-9(15)5-6-10(16)17/h1-6H,(H,13,15)(H,14,18)(H,16,17)/b6-5-. The Morgan fingerprint density at radius 3 is 2.39 bits per heavy atom. The van der Waals surface area contributed by atoms with Crippen molar-refractivity contribution in [3.8, 4) is 0 Å². The number of nitrogens with one attached hydrogen (secondary N) is 2. The third kappa shape index (κ3) is 4.26. The zero-order valence-electron chi connectivity index (χ0n) is 9.01. The quantitative estimate of drug-likeness (QED) is 0.557. The maximum atomic E-state index is 11.6. The number of carboxylic acids is 1. The molecule has 0 unspecified atom stereocenters. The van der Waals surface area contributed by atoms with Gasteiger partial charge in [-0.15, -0.1) is 0 Å². The van der Waals surface area contributed by atoms with E-state index in [9.17, 15) is 14.4 Å². The summed E-state index contributed by atoms with van der Waals surface area (Å²) in [7, 11) is 0. The Hall–Kier alpha value is -2.34. The molecule has 0 saturated carbocycles. The SMILES string of the molecule is O=C(O)/C=C\C(=O)NNC(=O)c1ccccc1Cl. The number of hydrazine groups is 1. The number of amides is 2. The molecule has 0 bridgehead atoms. The summed E-state index contributed by atoms with van der Waals surface area (Å²) in [6, 6.07) is 6.29. The van der Waals surface area contributed by atoms with Gasteiger partial charge in [-0.3, -0.25) is 20.4 Å². The second-order valence-electron chi connectivity index (χ2n) is 3.09. The van der Waals surface area contributed by atoms with Crippen LogP contribution in [0.4, 0.5) is 0 Å². The van der Waals surface area contributed by atoms with Crippen LogP contribution in [0.1, 0.15) is 10.4 Å². The van der Waals surface area contributed by atoms with E-state index in [4.69, 9.17) is 16.7 Å². The maximum absolute atomic E-state index is 11.6. The summed E-state index contributed by atoms with van der Waals surface area (Å²) in [4.78, 5) is 32.8. The van der Waals surface area contributed by atoms with Gasteiger partial charge in [-0.2, -0.15) is 0 Å². The van der Waals surface area contributed by atoms with Crippen LogP contribution < -0.4 is 10.9 Å². The average molecular weight is 269 g/mol. The highest BCUT2D eigenvalue weighted by molar-refractivity contribution is 6.33. The summed E-state index contributed by atoms with van der Waals surface area (Å²) >= 11 is 5.77. The van der Waals surface area contributed by atoms with E-state index in [2.05, 4.69) is 5.43 Å². The molecule has 7 heteroatoms. The van der Waals surface area contributed by atoms with Gasteiger partial charge in [0.2, 0.25) is 0 Å². The van der Waals surface area contributed by atoms with Gasteiger partial charge in [0.1, 0.15) is 0 Å². The van der Waals surface area contributed by atoms with Crippen molar-refractivity contribution >= 4 is 29.4 Å². The lowest BCUT2D eigenvalue weighted by atomic mass is 10.2. The smallest absolute Gasteiger partial charge is 0.328 e. The van der Waals surface area contributed by atoms with E-state index in [0.29, 0.717) is 6.08 Å². The van der Waals surface area contributed by atoms with Gasteiger partial charge in [0.05, 0.1) is 10.6 Å². The van der Waals surface area contributed by atoms with E-state index in [1.54, 1.807) is 12.1 Å². The molecule has 6 nitrogen and oxygen atoms in total. The second-order valence-corrected chi connectivity index (χ2v) is 3.50. The Labute approximate surface area is 107 Å². The molecule has 0 aromatic heterocycles. The third-order valence-electron chi connectivity index (χ3n) is 1.79. The minimum atomic E-state index is -1.26. The normalized spacial score (nSPS) is 10.1. The van der Waals surface area contributed by atoms with E-state index in [-0.39, 0.29) is 10.6 Å². The number of halogens is 1. The Morgan fingerprint density at radius 1 is 1.11 bits per heavy atom. The first-order valence-electron chi connectivity index (χ1n) is 4.76. The Balaban J connectivity index is 2.55. The van der Waals surface area contributed by atoms with Gasteiger partial charge in [0.25, 0.3) is 11.8 Å². The van der Waals surface area contributed by atoms with Crippen LogP contribution in [0.5, 0.6) is 0 Å². The molecule has 0 aliphatic heterocycles. The van der Waals surface area contributed by atoms with Gasteiger partial charge in [-0.25, -0.2) is 4.79 Å². The number of carbonyl (C=O) groups excluding carboxylic acids is 2. The average Bonchev–Trinajstić information content (AvgIpc) is 2.34. The third-order valence-corrected chi connectivity index (χ3v) is 2.12. The molecular formula is C11H9ClN2O4. The molecule has 0 spiro atoms. The first-order valence-corrected chi connectivity index (χ1v) is 5.14. The highest BCUT2D eigenvalue weighted by Gasteiger charge is 2.09. The molecule has 1 aromatic rings. The summed E-state index contributed by atoms with van der Waals surface area (Å²) in [5, 5.41) is 8.52. The molecule has 2 amide bonds. The molecule has 18 heavy (non-hydrogen) atoms.